The van der Waals surface area contributed by atoms with Gasteiger partial charge in [-0.1, -0.05) is 141 Å². The number of fused-ring (bicyclic) bond motifs is 6. The highest BCUT2D eigenvalue weighted by Gasteiger charge is 2.21. The van der Waals surface area contributed by atoms with Crippen LogP contribution in [0.25, 0.3) is 89.2 Å². The van der Waals surface area contributed by atoms with Gasteiger partial charge < -0.3 is 4.57 Å². The Morgan fingerprint density at radius 3 is 1.61 bits per heavy atom. The number of nitrogens with zero attached hydrogens (tertiary/aromatic N) is 5. The van der Waals surface area contributed by atoms with Crippen molar-refractivity contribution in [1.82, 2.24) is 24.1 Å². The molecule has 0 aliphatic carbocycles. The summed E-state index contributed by atoms with van der Waals surface area (Å²) in [6.07, 6.45) is 3.50. The smallest absolute Gasteiger partial charge is 0.238 e. The molecule has 10 rings (SSSR count). The lowest BCUT2D eigenvalue weighted by atomic mass is 10.0. The standard InChI is InChI=1S/C49H37N5/c1-2-3-15-33-26-28-38(29-27-33)53-43-24-12-10-22-39(43)41-32-46-42(31-45(41)53)40-23-11-13-25-44(40)54(46)49-51-47(35-18-8-5-9-19-35)50-48(52-49)37-21-14-20-36(30-37)34-16-6-4-7-17-34/h4-14,16-32H,2-3,15H2,1H3. The van der Waals surface area contributed by atoms with Crippen LogP contribution >= 0.6 is 0 Å². The third-order valence-corrected chi connectivity index (χ3v) is 10.6. The molecule has 7 aromatic carbocycles. The summed E-state index contributed by atoms with van der Waals surface area (Å²) in [6.45, 7) is 2.25. The second-order valence-electron chi connectivity index (χ2n) is 14.0. The van der Waals surface area contributed by atoms with Gasteiger partial charge in [-0.15, -0.1) is 0 Å². The van der Waals surface area contributed by atoms with E-state index in [-0.39, 0.29) is 0 Å². The van der Waals surface area contributed by atoms with Crippen molar-refractivity contribution in [2.75, 3.05) is 0 Å². The van der Waals surface area contributed by atoms with Crippen molar-refractivity contribution in [2.24, 2.45) is 0 Å². The Labute approximate surface area is 313 Å². The first-order valence-electron chi connectivity index (χ1n) is 18.8. The molecule has 5 heteroatoms. The molecule has 10 aromatic rings. The lowest BCUT2D eigenvalue weighted by Crippen LogP contribution is -2.06. The molecule has 0 spiro atoms. The molecule has 258 valence electrons. The lowest BCUT2D eigenvalue weighted by Gasteiger charge is -2.12. The first-order valence-corrected chi connectivity index (χ1v) is 18.8. The highest BCUT2D eigenvalue weighted by atomic mass is 15.2. The van der Waals surface area contributed by atoms with E-state index < -0.39 is 0 Å². The number of para-hydroxylation sites is 2. The zero-order valence-electron chi connectivity index (χ0n) is 30.0. The van der Waals surface area contributed by atoms with E-state index in [1.54, 1.807) is 0 Å². The molecule has 0 amide bonds. The van der Waals surface area contributed by atoms with Crippen LogP contribution in [0.5, 0.6) is 0 Å². The molecule has 0 unspecified atom stereocenters. The maximum atomic E-state index is 5.27. The average molecular weight is 696 g/mol. The summed E-state index contributed by atoms with van der Waals surface area (Å²) in [5.41, 5.74) is 11.1. The van der Waals surface area contributed by atoms with Crippen LogP contribution in [-0.2, 0) is 6.42 Å². The summed E-state index contributed by atoms with van der Waals surface area (Å²) < 4.78 is 4.63. The molecule has 0 saturated carbocycles. The number of unbranched alkanes of at least 4 members (excludes halogenated alkanes) is 1. The van der Waals surface area contributed by atoms with Crippen LogP contribution in [-0.4, -0.2) is 24.1 Å². The Morgan fingerprint density at radius 1 is 0.407 bits per heavy atom. The topological polar surface area (TPSA) is 48.5 Å². The Morgan fingerprint density at radius 2 is 0.944 bits per heavy atom. The van der Waals surface area contributed by atoms with Gasteiger partial charge in [-0.2, -0.15) is 9.97 Å². The van der Waals surface area contributed by atoms with Gasteiger partial charge in [0.15, 0.2) is 11.6 Å². The minimum absolute atomic E-state index is 0.584. The molecule has 3 heterocycles. The average Bonchev–Trinajstić information content (AvgIpc) is 3.75. The monoisotopic (exact) mass is 695 g/mol. The predicted molar refractivity (Wildman–Crippen MR) is 223 cm³/mol. The van der Waals surface area contributed by atoms with Crippen molar-refractivity contribution >= 4 is 43.6 Å². The summed E-state index contributed by atoms with van der Waals surface area (Å²) in [5, 5.41) is 4.69. The van der Waals surface area contributed by atoms with Crippen LogP contribution < -0.4 is 0 Å². The van der Waals surface area contributed by atoms with Crippen molar-refractivity contribution in [1.29, 1.82) is 0 Å². The van der Waals surface area contributed by atoms with E-state index in [2.05, 4.69) is 162 Å². The molecule has 0 atom stereocenters. The van der Waals surface area contributed by atoms with Crippen LogP contribution in [0.15, 0.2) is 170 Å². The normalized spacial score (nSPS) is 11.6. The second-order valence-corrected chi connectivity index (χ2v) is 14.0. The van der Waals surface area contributed by atoms with Gasteiger partial charge in [0.05, 0.1) is 22.1 Å². The summed E-state index contributed by atoms with van der Waals surface area (Å²) in [6, 6.07) is 60.2. The predicted octanol–water partition coefficient (Wildman–Crippen LogP) is 12.4. The molecule has 3 aromatic heterocycles. The quantitative estimate of drug-likeness (QED) is 0.159. The molecule has 54 heavy (non-hydrogen) atoms. The third kappa shape index (κ3) is 5.44. The Hall–Kier alpha value is -6.85. The zero-order valence-corrected chi connectivity index (χ0v) is 30.0. The van der Waals surface area contributed by atoms with Crippen molar-refractivity contribution in [3.8, 4) is 45.5 Å². The number of aromatic nitrogens is 5. The summed E-state index contributed by atoms with van der Waals surface area (Å²) in [5.74, 6) is 1.84. The van der Waals surface area contributed by atoms with E-state index >= 15 is 0 Å². The van der Waals surface area contributed by atoms with Crippen LogP contribution in [0.3, 0.4) is 0 Å². The Kier molecular flexibility index (Phi) is 7.84. The molecular formula is C49H37N5. The molecule has 0 bridgehead atoms. The van der Waals surface area contributed by atoms with Crippen LogP contribution in [0.1, 0.15) is 25.3 Å². The molecule has 5 nitrogen and oxygen atoms in total. The van der Waals surface area contributed by atoms with E-state index in [1.807, 2.05) is 24.3 Å². The fraction of sp³-hybridized carbons (Fsp3) is 0.0816. The number of hydrogen-bond donors (Lipinski definition) is 0. The fourth-order valence-electron chi connectivity index (χ4n) is 7.90. The van der Waals surface area contributed by atoms with Gasteiger partial charge in [-0.05, 0) is 72.0 Å². The number of aryl methyl sites for hydroxylation is 1. The number of benzene rings is 7. The molecule has 0 aliphatic heterocycles. The van der Waals surface area contributed by atoms with Gasteiger partial charge in [0, 0.05) is 38.4 Å². The van der Waals surface area contributed by atoms with Gasteiger partial charge in [0.1, 0.15) is 0 Å². The third-order valence-electron chi connectivity index (χ3n) is 10.6. The summed E-state index contributed by atoms with van der Waals surface area (Å²) >= 11 is 0. The van der Waals surface area contributed by atoms with Gasteiger partial charge in [0.25, 0.3) is 0 Å². The number of hydrogen-bond acceptors (Lipinski definition) is 3. The van der Waals surface area contributed by atoms with Crippen molar-refractivity contribution < 1.29 is 0 Å². The van der Waals surface area contributed by atoms with E-state index in [1.165, 1.54) is 40.2 Å². The maximum Gasteiger partial charge on any atom is 0.238 e. The second kappa shape index (κ2) is 13.3. The lowest BCUT2D eigenvalue weighted by molar-refractivity contribution is 0.795. The van der Waals surface area contributed by atoms with Gasteiger partial charge in [-0.3, -0.25) is 4.57 Å². The summed E-state index contributed by atoms with van der Waals surface area (Å²) in [4.78, 5) is 15.6. The van der Waals surface area contributed by atoms with Crippen molar-refractivity contribution in [2.45, 2.75) is 26.2 Å². The summed E-state index contributed by atoms with van der Waals surface area (Å²) in [7, 11) is 0. The molecule has 0 saturated heterocycles. The van der Waals surface area contributed by atoms with E-state index in [9.17, 15) is 0 Å². The number of rotatable bonds is 8. The van der Waals surface area contributed by atoms with Gasteiger partial charge in [0.2, 0.25) is 5.95 Å². The van der Waals surface area contributed by atoms with Crippen LogP contribution in [0, 0.1) is 0 Å². The first-order chi connectivity index (χ1) is 26.7. The molecule has 0 fully saturated rings. The highest BCUT2D eigenvalue weighted by molar-refractivity contribution is 6.18. The van der Waals surface area contributed by atoms with Crippen LogP contribution in [0.2, 0.25) is 0 Å². The fourth-order valence-corrected chi connectivity index (χ4v) is 7.90. The molecule has 0 aliphatic rings. The van der Waals surface area contributed by atoms with Gasteiger partial charge >= 0.3 is 0 Å². The Balaban J connectivity index is 1.22. The zero-order chi connectivity index (χ0) is 36.0. The largest absolute Gasteiger partial charge is 0.309 e. The van der Waals surface area contributed by atoms with Crippen molar-refractivity contribution in [3.63, 3.8) is 0 Å². The van der Waals surface area contributed by atoms with E-state index in [4.69, 9.17) is 15.0 Å². The minimum atomic E-state index is 0.584. The van der Waals surface area contributed by atoms with E-state index in [0.717, 1.165) is 56.2 Å². The van der Waals surface area contributed by atoms with Gasteiger partial charge in [-0.25, -0.2) is 4.98 Å². The highest BCUT2D eigenvalue weighted by Crippen LogP contribution is 2.39. The van der Waals surface area contributed by atoms with Crippen LogP contribution in [0.4, 0.5) is 0 Å². The van der Waals surface area contributed by atoms with E-state index in [0.29, 0.717) is 17.6 Å². The molecule has 0 radical (unpaired) electrons. The molecular weight excluding hydrogens is 659 g/mol. The molecule has 0 N–H and O–H groups in total. The maximum absolute atomic E-state index is 5.27. The first kappa shape index (κ1) is 31.9. The minimum Gasteiger partial charge on any atom is -0.309 e. The van der Waals surface area contributed by atoms with Crippen molar-refractivity contribution in [3.05, 3.63) is 175 Å². The Bertz CT molecular complexity index is 2960. The SMILES string of the molecule is CCCCc1ccc(-n2c3ccccc3c3cc4c(cc32)c2ccccc2n4-c2nc(-c3ccccc3)nc(-c3cccc(-c4ccccc4)c3)n2)cc1.